The minimum Gasteiger partial charge on any atom is -0.464 e. The Morgan fingerprint density at radius 1 is 0.968 bits per heavy atom. The predicted octanol–water partition coefficient (Wildman–Crippen LogP) is 4.24. The van der Waals surface area contributed by atoms with Gasteiger partial charge in [0.15, 0.2) is 0 Å². The molecule has 6 nitrogen and oxygen atoms in total. The fourth-order valence-electron chi connectivity index (χ4n) is 4.82. The summed E-state index contributed by atoms with van der Waals surface area (Å²) in [6.07, 6.45) is 4.50. The normalized spacial score (nSPS) is 20.4. The second-order valence-electron chi connectivity index (χ2n) is 8.26. The van der Waals surface area contributed by atoms with E-state index in [0.717, 1.165) is 47.7 Å². The maximum absolute atomic E-state index is 13.4. The number of carbonyl (C=O) groups is 1. The molecule has 2 saturated heterocycles. The van der Waals surface area contributed by atoms with Gasteiger partial charge in [0.2, 0.25) is 0 Å². The van der Waals surface area contributed by atoms with E-state index in [0.29, 0.717) is 18.0 Å². The Balaban J connectivity index is 1.25. The highest BCUT2D eigenvalue weighted by molar-refractivity contribution is 6.00. The lowest BCUT2D eigenvalue weighted by atomic mass is 9.82. The number of hydrogen-bond donors (Lipinski definition) is 0. The minimum absolute atomic E-state index is 0.0573. The summed E-state index contributed by atoms with van der Waals surface area (Å²) in [5, 5.41) is 0. The van der Waals surface area contributed by atoms with Crippen molar-refractivity contribution in [2.24, 2.45) is 5.92 Å². The van der Waals surface area contributed by atoms with Crippen molar-refractivity contribution in [1.29, 1.82) is 0 Å². The lowest BCUT2D eigenvalue weighted by Gasteiger charge is -2.53. The lowest BCUT2D eigenvalue weighted by Crippen LogP contribution is -2.65. The van der Waals surface area contributed by atoms with Gasteiger partial charge in [0.1, 0.15) is 11.6 Å². The number of amides is 1. The number of benzene rings is 2. The number of carbonyl (C=O) groups excluding carboxylic acids is 1. The Morgan fingerprint density at radius 2 is 1.81 bits per heavy atom. The Labute approximate surface area is 180 Å². The third kappa shape index (κ3) is 3.06. The number of anilines is 1. The molecule has 6 rings (SSSR count). The number of furan rings is 1. The number of nitrogens with zero attached hydrogens (tertiary/aromatic N) is 4. The molecule has 0 saturated carbocycles. The largest absolute Gasteiger partial charge is 0.464 e. The van der Waals surface area contributed by atoms with E-state index in [1.807, 2.05) is 71.8 Å². The summed E-state index contributed by atoms with van der Waals surface area (Å²) < 4.78 is 5.56. The van der Waals surface area contributed by atoms with Crippen LogP contribution in [-0.2, 0) is 0 Å². The molecule has 2 aliphatic heterocycles. The smallest absolute Gasteiger partial charge is 0.254 e. The molecule has 31 heavy (non-hydrogen) atoms. The number of hydrogen-bond acceptors (Lipinski definition) is 5. The molecule has 0 N–H and O–H groups in total. The molecule has 0 bridgehead atoms. The summed E-state index contributed by atoms with van der Waals surface area (Å²) in [5.74, 6) is 2.26. The minimum atomic E-state index is 0.0573. The number of likely N-dealkylation sites (tertiary alicyclic amines) is 1. The van der Waals surface area contributed by atoms with Crippen molar-refractivity contribution >= 4 is 22.8 Å². The Kier molecular flexibility index (Phi) is 4.23. The predicted molar refractivity (Wildman–Crippen MR) is 119 cm³/mol. The maximum atomic E-state index is 13.4. The molecule has 2 aromatic carbocycles. The third-order valence-corrected chi connectivity index (χ3v) is 6.51. The highest BCUT2D eigenvalue weighted by Crippen LogP contribution is 2.37. The van der Waals surface area contributed by atoms with Gasteiger partial charge in [-0.15, -0.1) is 0 Å². The van der Waals surface area contributed by atoms with Crippen LogP contribution in [-0.4, -0.2) is 46.5 Å². The number of aromatic nitrogens is 2. The van der Waals surface area contributed by atoms with Crippen molar-refractivity contribution in [2.75, 3.05) is 24.5 Å². The van der Waals surface area contributed by atoms with Crippen molar-refractivity contribution in [2.45, 2.75) is 12.5 Å². The Hall–Kier alpha value is -3.67. The number of piperidine rings is 1. The number of rotatable bonds is 3. The molecule has 2 atom stereocenters. The van der Waals surface area contributed by atoms with E-state index in [1.165, 1.54) is 0 Å². The summed E-state index contributed by atoms with van der Waals surface area (Å²) in [6, 6.07) is 19.6. The van der Waals surface area contributed by atoms with Crippen LogP contribution in [0.1, 0.15) is 16.8 Å². The van der Waals surface area contributed by atoms with E-state index in [2.05, 4.69) is 9.88 Å². The van der Waals surface area contributed by atoms with Crippen LogP contribution >= 0.6 is 0 Å². The molecule has 6 heteroatoms. The third-order valence-electron chi connectivity index (χ3n) is 6.51. The van der Waals surface area contributed by atoms with Gasteiger partial charge in [-0.1, -0.05) is 30.3 Å². The molecule has 2 aromatic heterocycles. The van der Waals surface area contributed by atoms with Gasteiger partial charge < -0.3 is 14.2 Å². The first-order valence-corrected chi connectivity index (χ1v) is 10.7. The highest BCUT2D eigenvalue weighted by Gasteiger charge is 2.44. The van der Waals surface area contributed by atoms with Crippen LogP contribution in [0, 0.1) is 5.92 Å². The monoisotopic (exact) mass is 410 g/mol. The van der Waals surface area contributed by atoms with Crippen molar-refractivity contribution < 1.29 is 9.21 Å². The molecule has 4 aromatic rings. The Bertz CT molecular complexity index is 1250. The van der Waals surface area contributed by atoms with Crippen molar-refractivity contribution in [3.63, 3.8) is 0 Å². The number of fused-ring (bicyclic) bond motifs is 2. The van der Waals surface area contributed by atoms with Crippen LogP contribution in [0.4, 0.5) is 5.82 Å². The molecule has 2 aliphatic rings. The molecule has 0 aliphatic carbocycles. The van der Waals surface area contributed by atoms with E-state index in [9.17, 15) is 4.79 Å². The first-order valence-electron chi connectivity index (χ1n) is 10.7. The van der Waals surface area contributed by atoms with Gasteiger partial charge in [0, 0.05) is 31.1 Å². The summed E-state index contributed by atoms with van der Waals surface area (Å²) in [7, 11) is 0. The van der Waals surface area contributed by atoms with Crippen molar-refractivity contribution in [1.82, 2.24) is 14.9 Å². The second-order valence-corrected chi connectivity index (χ2v) is 8.26. The topological polar surface area (TPSA) is 62.5 Å². The zero-order valence-corrected chi connectivity index (χ0v) is 17.0. The second kappa shape index (κ2) is 7.23. The number of para-hydroxylation sites is 2. The molecule has 0 spiro atoms. The molecule has 1 amide bonds. The quantitative estimate of drug-likeness (QED) is 0.506. The molecular formula is C25H22N4O2. The van der Waals surface area contributed by atoms with E-state index in [4.69, 9.17) is 9.40 Å². The molecular weight excluding hydrogens is 388 g/mol. The van der Waals surface area contributed by atoms with Gasteiger partial charge in [0.25, 0.3) is 5.91 Å². The lowest BCUT2D eigenvalue weighted by molar-refractivity contribution is 0.0591. The summed E-state index contributed by atoms with van der Waals surface area (Å²) >= 11 is 0. The van der Waals surface area contributed by atoms with E-state index < -0.39 is 0 Å². The van der Waals surface area contributed by atoms with Crippen LogP contribution in [0.5, 0.6) is 0 Å². The molecule has 154 valence electrons. The van der Waals surface area contributed by atoms with Gasteiger partial charge in [-0.2, -0.15) is 0 Å². The van der Waals surface area contributed by atoms with Crippen LogP contribution in [0.15, 0.2) is 77.5 Å². The first-order chi connectivity index (χ1) is 15.3. The van der Waals surface area contributed by atoms with Gasteiger partial charge in [-0.25, -0.2) is 4.98 Å². The fourth-order valence-corrected chi connectivity index (χ4v) is 4.82. The zero-order chi connectivity index (χ0) is 20.8. The fraction of sp³-hybridized carbons (Fsp3) is 0.240. The van der Waals surface area contributed by atoms with Crippen LogP contribution in [0.3, 0.4) is 0 Å². The maximum Gasteiger partial charge on any atom is 0.254 e. The van der Waals surface area contributed by atoms with Gasteiger partial charge in [-0.05, 0) is 36.8 Å². The van der Waals surface area contributed by atoms with Gasteiger partial charge in [0.05, 0.1) is 35.1 Å². The van der Waals surface area contributed by atoms with Crippen molar-refractivity contribution in [3.8, 4) is 11.3 Å². The molecule has 4 heterocycles. The first kappa shape index (κ1) is 18.1. The summed E-state index contributed by atoms with van der Waals surface area (Å²) in [6.45, 7) is 2.46. The molecule has 2 unspecified atom stereocenters. The Morgan fingerprint density at radius 3 is 2.68 bits per heavy atom. The highest BCUT2D eigenvalue weighted by atomic mass is 16.3. The molecule has 2 fully saturated rings. The molecule has 0 radical (unpaired) electrons. The van der Waals surface area contributed by atoms with Crippen LogP contribution in [0.25, 0.3) is 22.4 Å². The van der Waals surface area contributed by atoms with Crippen molar-refractivity contribution in [3.05, 3.63) is 78.7 Å². The SMILES string of the molecule is O=C(c1ccccc1-c1ccco1)N1CCC2CN(c3cnc4ccccc4n3)C2C1. The van der Waals surface area contributed by atoms with E-state index in [-0.39, 0.29) is 11.9 Å². The summed E-state index contributed by atoms with van der Waals surface area (Å²) in [5.41, 5.74) is 3.33. The van der Waals surface area contributed by atoms with E-state index in [1.54, 1.807) is 6.26 Å². The van der Waals surface area contributed by atoms with Gasteiger partial charge >= 0.3 is 0 Å². The average Bonchev–Trinajstić information content (AvgIpc) is 3.34. The zero-order valence-electron chi connectivity index (χ0n) is 17.0. The van der Waals surface area contributed by atoms with Gasteiger partial charge in [-0.3, -0.25) is 9.78 Å². The summed E-state index contributed by atoms with van der Waals surface area (Å²) in [4.78, 5) is 27.1. The van der Waals surface area contributed by atoms with E-state index >= 15 is 0 Å². The average molecular weight is 410 g/mol. The van der Waals surface area contributed by atoms with Crippen LogP contribution < -0.4 is 4.90 Å². The van der Waals surface area contributed by atoms with Crippen LogP contribution in [0.2, 0.25) is 0 Å². The standard InChI is InChI=1S/C25H22N4O2/c30-25(19-7-2-1-6-18(19)23-10-5-13-31-23)28-12-11-17-15-29(22(17)16-28)24-14-26-20-8-3-4-9-21(20)27-24/h1-10,13-14,17,22H,11-12,15-16H2.